The minimum absolute atomic E-state index is 0.261. The number of rotatable bonds is 6. The first-order chi connectivity index (χ1) is 15.5. The molecule has 0 saturated carbocycles. The molecule has 0 radical (unpaired) electrons. The van der Waals surface area contributed by atoms with Crippen LogP contribution >= 0.6 is 0 Å². The molecule has 1 aliphatic heterocycles. The smallest absolute Gasteiger partial charge is 0.311 e. The zero-order chi connectivity index (χ0) is 23.8. The molecule has 1 aromatic heterocycles. The number of carbonyl (C=O) groups is 2. The number of nitrogens with zero attached hydrogens (tertiary/aromatic N) is 3. The van der Waals surface area contributed by atoms with Gasteiger partial charge in [0.25, 0.3) is 5.91 Å². The van der Waals surface area contributed by atoms with Crippen LogP contribution in [0.2, 0.25) is 0 Å². The molecule has 3 aromatic rings. The van der Waals surface area contributed by atoms with Crippen LogP contribution in [0.15, 0.2) is 60.7 Å². The van der Waals surface area contributed by atoms with Gasteiger partial charge in [-0.2, -0.15) is 5.10 Å². The number of anilines is 1. The van der Waals surface area contributed by atoms with Crippen LogP contribution in [0.3, 0.4) is 0 Å². The number of nitrogens with one attached hydrogen (secondary N) is 1. The van der Waals surface area contributed by atoms with Crippen molar-refractivity contribution in [2.24, 2.45) is 5.41 Å². The van der Waals surface area contributed by atoms with Crippen LogP contribution in [0.4, 0.5) is 5.69 Å². The van der Waals surface area contributed by atoms with E-state index in [0.717, 1.165) is 16.8 Å². The summed E-state index contributed by atoms with van der Waals surface area (Å²) in [7, 11) is 0. The van der Waals surface area contributed by atoms with E-state index >= 15 is 0 Å². The molecular weight excluding hydrogens is 416 g/mol. The summed E-state index contributed by atoms with van der Waals surface area (Å²) in [5, 5.41) is 16.8. The third kappa shape index (κ3) is 4.83. The lowest BCUT2D eigenvalue weighted by Gasteiger charge is -2.45. The lowest BCUT2D eigenvalue weighted by molar-refractivity contribution is -0.158. The maximum absolute atomic E-state index is 12.9. The van der Waals surface area contributed by atoms with E-state index in [-0.39, 0.29) is 11.4 Å². The lowest BCUT2D eigenvalue weighted by Crippen LogP contribution is -2.58. The quantitative estimate of drug-likeness (QED) is 0.584. The molecule has 1 saturated heterocycles. The summed E-state index contributed by atoms with van der Waals surface area (Å²) in [6, 6.07) is 19.4. The number of carboxylic acids is 1. The van der Waals surface area contributed by atoms with E-state index in [4.69, 9.17) is 0 Å². The van der Waals surface area contributed by atoms with Crippen molar-refractivity contribution in [1.82, 2.24) is 14.7 Å². The Labute approximate surface area is 194 Å². The standard InChI is InChI=1S/C26H30N4O3/c1-25(2,3)30-22(19-8-6-5-7-9-19)14-21(28-30)23(31)27-20-12-10-18(11-13-20)15-29-16-26(4,17-29)24(32)33/h5-14H,15-17H2,1-4H3,(H,27,31)(H,32,33). The molecule has 7 heteroatoms. The first-order valence-electron chi connectivity index (χ1n) is 11.1. The maximum Gasteiger partial charge on any atom is 0.311 e. The molecule has 7 nitrogen and oxygen atoms in total. The Kier molecular flexibility index (Phi) is 5.84. The molecule has 0 bridgehead atoms. The van der Waals surface area contributed by atoms with Crippen molar-refractivity contribution in [2.45, 2.75) is 39.8 Å². The summed E-state index contributed by atoms with van der Waals surface area (Å²) in [5.41, 5.74) is 3.10. The summed E-state index contributed by atoms with van der Waals surface area (Å²) in [6.07, 6.45) is 0. The Hall–Kier alpha value is -3.45. The second-order valence-corrected chi connectivity index (χ2v) is 10.0. The van der Waals surface area contributed by atoms with Gasteiger partial charge in [-0.25, -0.2) is 0 Å². The monoisotopic (exact) mass is 446 g/mol. The van der Waals surface area contributed by atoms with E-state index in [1.807, 2.05) is 65.3 Å². The Morgan fingerprint density at radius 3 is 2.27 bits per heavy atom. The third-order valence-electron chi connectivity index (χ3n) is 5.93. The topological polar surface area (TPSA) is 87.5 Å². The highest BCUT2D eigenvalue weighted by molar-refractivity contribution is 6.03. The van der Waals surface area contributed by atoms with Gasteiger partial charge < -0.3 is 10.4 Å². The number of hydrogen-bond acceptors (Lipinski definition) is 4. The number of carboxylic acid groups (broad SMARTS) is 1. The van der Waals surface area contributed by atoms with Gasteiger partial charge in [-0.05, 0) is 57.0 Å². The Morgan fingerprint density at radius 1 is 1.06 bits per heavy atom. The van der Waals surface area contributed by atoms with Crippen molar-refractivity contribution in [3.05, 3.63) is 71.9 Å². The highest BCUT2D eigenvalue weighted by atomic mass is 16.4. The highest BCUT2D eigenvalue weighted by Crippen LogP contribution is 2.31. The molecule has 2 heterocycles. The highest BCUT2D eigenvalue weighted by Gasteiger charge is 2.44. The van der Waals surface area contributed by atoms with Crippen molar-refractivity contribution in [3.8, 4) is 11.3 Å². The predicted octanol–water partition coefficient (Wildman–Crippen LogP) is 4.46. The van der Waals surface area contributed by atoms with Crippen LogP contribution in [0.1, 0.15) is 43.7 Å². The van der Waals surface area contributed by atoms with Crippen molar-refractivity contribution in [2.75, 3.05) is 18.4 Å². The fourth-order valence-electron chi connectivity index (χ4n) is 4.15. The van der Waals surface area contributed by atoms with Crippen molar-refractivity contribution < 1.29 is 14.7 Å². The molecule has 0 aliphatic carbocycles. The van der Waals surface area contributed by atoms with Gasteiger partial charge in [-0.3, -0.25) is 19.2 Å². The van der Waals surface area contributed by atoms with Gasteiger partial charge in [-0.15, -0.1) is 0 Å². The van der Waals surface area contributed by atoms with E-state index in [9.17, 15) is 14.7 Å². The normalized spacial score (nSPS) is 15.6. The molecule has 33 heavy (non-hydrogen) atoms. The number of amides is 1. The summed E-state index contributed by atoms with van der Waals surface area (Å²) in [4.78, 5) is 26.3. The molecule has 1 amide bonds. The average molecular weight is 447 g/mol. The number of aromatic nitrogens is 2. The SMILES string of the molecule is CC1(C(=O)O)CN(Cc2ccc(NC(=O)c3cc(-c4ccccc4)n(C(C)(C)C)n3)cc2)C1. The van der Waals surface area contributed by atoms with Gasteiger partial charge in [0, 0.05) is 25.3 Å². The molecule has 1 fully saturated rings. The predicted molar refractivity (Wildman–Crippen MR) is 128 cm³/mol. The van der Waals surface area contributed by atoms with Gasteiger partial charge in [-0.1, -0.05) is 42.5 Å². The average Bonchev–Trinajstić information content (AvgIpc) is 3.21. The van der Waals surface area contributed by atoms with E-state index in [1.54, 1.807) is 6.92 Å². The van der Waals surface area contributed by atoms with Gasteiger partial charge in [0.05, 0.1) is 16.6 Å². The number of aliphatic carboxylic acids is 1. The third-order valence-corrected chi connectivity index (χ3v) is 5.93. The van der Waals surface area contributed by atoms with Crippen molar-refractivity contribution in [3.63, 3.8) is 0 Å². The molecule has 2 N–H and O–H groups in total. The first kappa shape index (κ1) is 22.7. The summed E-state index contributed by atoms with van der Waals surface area (Å²) in [5.74, 6) is -1.01. The largest absolute Gasteiger partial charge is 0.481 e. The number of hydrogen-bond donors (Lipinski definition) is 2. The van der Waals surface area contributed by atoms with Crippen LogP contribution in [0.5, 0.6) is 0 Å². The zero-order valence-electron chi connectivity index (χ0n) is 19.5. The molecule has 0 unspecified atom stereocenters. The Balaban J connectivity index is 1.44. The van der Waals surface area contributed by atoms with Crippen LogP contribution in [-0.4, -0.2) is 44.8 Å². The number of carbonyl (C=O) groups excluding carboxylic acids is 1. The minimum atomic E-state index is -0.749. The molecule has 1 aliphatic rings. The molecule has 4 rings (SSSR count). The molecule has 0 atom stereocenters. The lowest BCUT2D eigenvalue weighted by atomic mass is 9.82. The van der Waals surface area contributed by atoms with Crippen molar-refractivity contribution in [1.29, 1.82) is 0 Å². The Bertz CT molecular complexity index is 1150. The minimum Gasteiger partial charge on any atom is -0.481 e. The van der Waals surface area contributed by atoms with E-state index in [0.29, 0.717) is 31.0 Å². The molecule has 172 valence electrons. The molecular formula is C26H30N4O3. The zero-order valence-corrected chi connectivity index (χ0v) is 19.5. The van der Waals surface area contributed by atoms with Crippen LogP contribution in [0, 0.1) is 5.41 Å². The van der Waals surface area contributed by atoms with Crippen LogP contribution in [0.25, 0.3) is 11.3 Å². The Morgan fingerprint density at radius 2 is 1.70 bits per heavy atom. The van der Waals surface area contributed by atoms with E-state index in [2.05, 4.69) is 36.1 Å². The fourth-order valence-corrected chi connectivity index (χ4v) is 4.15. The fraction of sp³-hybridized carbons (Fsp3) is 0.346. The maximum atomic E-state index is 12.9. The second kappa shape index (κ2) is 8.48. The van der Waals surface area contributed by atoms with Gasteiger partial charge in [0.2, 0.25) is 0 Å². The number of benzene rings is 2. The van der Waals surface area contributed by atoms with Crippen LogP contribution < -0.4 is 5.32 Å². The van der Waals surface area contributed by atoms with Gasteiger partial charge in [0.15, 0.2) is 5.69 Å². The van der Waals surface area contributed by atoms with E-state index in [1.165, 1.54) is 0 Å². The summed E-state index contributed by atoms with van der Waals surface area (Å²) < 4.78 is 1.89. The first-order valence-corrected chi connectivity index (χ1v) is 11.1. The van der Waals surface area contributed by atoms with Crippen LogP contribution in [-0.2, 0) is 16.9 Å². The second-order valence-electron chi connectivity index (χ2n) is 10.0. The van der Waals surface area contributed by atoms with Gasteiger partial charge in [0.1, 0.15) is 0 Å². The summed E-state index contributed by atoms with van der Waals surface area (Å²) in [6.45, 7) is 9.72. The number of likely N-dealkylation sites (tertiary alicyclic amines) is 1. The van der Waals surface area contributed by atoms with E-state index < -0.39 is 11.4 Å². The van der Waals surface area contributed by atoms with Crippen molar-refractivity contribution >= 4 is 17.6 Å². The molecule has 2 aromatic carbocycles. The van der Waals surface area contributed by atoms with Gasteiger partial charge >= 0.3 is 5.97 Å². The summed E-state index contributed by atoms with van der Waals surface area (Å²) >= 11 is 0. The molecule has 0 spiro atoms.